The number of thioether (sulfide) groups is 1. The molecule has 3 rings (SSSR count). The Morgan fingerprint density at radius 3 is 2.60 bits per heavy atom. The fraction of sp³-hybridized carbons (Fsp3) is 0.222. The second-order valence-corrected chi connectivity index (χ2v) is 6.79. The van der Waals surface area contributed by atoms with Crippen LogP contribution in [0.4, 0.5) is 5.69 Å². The molecule has 2 aromatic carbocycles. The highest BCUT2D eigenvalue weighted by Crippen LogP contribution is 2.33. The van der Waals surface area contributed by atoms with E-state index in [-0.39, 0.29) is 11.5 Å². The van der Waals surface area contributed by atoms with Crippen LogP contribution >= 0.6 is 11.8 Å². The number of carboxylic acids is 1. The fourth-order valence-corrected chi connectivity index (χ4v) is 3.34. The van der Waals surface area contributed by atoms with E-state index in [0.717, 1.165) is 0 Å². The van der Waals surface area contributed by atoms with Crippen molar-refractivity contribution in [2.24, 2.45) is 0 Å². The van der Waals surface area contributed by atoms with Crippen LogP contribution in [0.25, 0.3) is 0 Å². The molecule has 0 saturated heterocycles. The lowest BCUT2D eigenvalue weighted by Crippen LogP contribution is -2.23. The molecule has 0 saturated carbocycles. The van der Waals surface area contributed by atoms with E-state index >= 15 is 0 Å². The van der Waals surface area contributed by atoms with Gasteiger partial charge in [-0.05, 0) is 31.2 Å². The smallest absolute Gasteiger partial charge is 0.336 e. The molecule has 7 heteroatoms. The Balaban J connectivity index is 1.68. The predicted octanol–water partition coefficient (Wildman–Crippen LogP) is 3.28. The monoisotopic (exact) mass is 359 g/mol. The van der Waals surface area contributed by atoms with E-state index in [0.29, 0.717) is 35.3 Å². The Morgan fingerprint density at radius 1 is 1.12 bits per heavy atom. The van der Waals surface area contributed by atoms with Gasteiger partial charge in [0.05, 0.1) is 10.8 Å². The Hall–Kier alpha value is -2.67. The largest absolute Gasteiger partial charge is 0.486 e. The third-order valence-corrected chi connectivity index (χ3v) is 4.78. The number of hydrogen-bond donors (Lipinski definition) is 2. The van der Waals surface area contributed by atoms with Gasteiger partial charge in [0, 0.05) is 16.6 Å². The minimum atomic E-state index is -1.01. The fourth-order valence-electron chi connectivity index (χ4n) is 2.36. The number of carbonyl (C=O) groups excluding carboxylic acids is 1. The molecule has 0 bridgehead atoms. The van der Waals surface area contributed by atoms with Crippen molar-refractivity contribution in [1.29, 1.82) is 0 Å². The van der Waals surface area contributed by atoms with Gasteiger partial charge in [-0.15, -0.1) is 11.8 Å². The average Bonchev–Trinajstić information content (AvgIpc) is 2.61. The number of carboxylic acid groups (broad SMARTS) is 1. The minimum absolute atomic E-state index is 0.187. The first-order valence-corrected chi connectivity index (χ1v) is 8.62. The highest BCUT2D eigenvalue weighted by Gasteiger charge is 2.19. The summed E-state index contributed by atoms with van der Waals surface area (Å²) in [7, 11) is 0. The molecule has 1 aliphatic rings. The molecular formula is C18H17NO5S. The van der Waals surface area contributed by atoms with Crippen molar-refractivity contribution in [1.82, 2.24) is 0 Å². The van der Waals surface area contributed by atoms with Crippen LogP contribution in [-0.4, -0.2) is 35.4 Å². The summed E-state index contributed by atoms with van der Waals surface area (Å²) in [5.74, 6) is 0.0204. The van der Waals surface area contributed by atoms with Crippen LogP contribution in [-0.2, 0) is 4.79 Å². The molecule has 0 aliphatic carbocycles. The normalized spacial score (nSPS) is 13.8. The molecule has 6 nitrogen and oxygen atoms in total. The quantitative estimate of drug-likeness (QED) is 0.797. The zero-order chi connectivity index (χ0) is 17.8. The van der Waals surface area contributed by atoms with Gasteiger partial charge in [-0.25, -0.2) is 4.79 Å². The molecule has 2 aromatic rings. The molecule has 0 unspecified atom stereocenters. The summed E-state index contributed by atoms with van der Waals surface area (Å²) in [6, 6.07) is 11.8. The summed E-state index contributed by atoms with van der Waals surface area (Å²) in [4.78, 5) is 24.2. The van der Waals surface area contributed by atoms with E-state index in [2.05, 4.69) is 5.32 Å². The lowest BCUT2D eigenvalue weighted by atomic mass is 10.2. The highest BCUT2D eigenvalue weighted by molar-refractivity contribution is 8.00. The molecule has 1 aliphatic heterocycles. The average molecular weight is 359 g/mol. The summed E-state index contributed by atoms with van der Waals surface area (Å²) in [5, 5.41) is 11.6. The lowest BCUT2D eigenvalue weighted by Gasteiger charge is -2.19. The maximum absolute atomic E-state index is 12.4. The van der Waals surface area contributed by atoms with E-state index in [1.54, 1.807) is 43.3 Å². The van der Waals surface area contributed by atoms with E-state index in [9.17, 15) is 14.7 Å². The third kappa shape index (κ3) is 4.06. The van der Waals surface area contributed by atoms with Gasteiger partial charge in [0.15, 0.2) is 11.5 Å². The molecule has 25 heavy (non-hydrogen) atoms. The zero-order valence-corrected chi connectivity index (χ0v) is 14.3. The highest BCUT2D eigenvalue weighted by atomic mass is 32.2. The first kappa shape index (κ1) is 17.2. The Kier molecular flexibility index (Phi) is 5.14. The Morgan fingerprint density at radius 2 is 1.84 bits per heavy atom. The summed E-state index contributed by atoms with van der Waals surface area (Å²) in [6.45, 7) is 2.72. The van der Waals surface area contributed by atoms with E-state index in [1.165, 1.54) is 17.8 Å². The first-order chi connectivity index (χ1) is 12.0. The number of fused-ring (bicyclic) bond motifs is 1. The topological polar surface area (TPSA) is 84.9 Å². The molecule has 0 radical (unpaired) electrons. The van der Waals surface area contributed by atoms with Gasteiger partial charge in [0.1, 0.15) is 13.2 Å². The van der Waals surface area contributed by atoms with Crippen molar-refractivity contribution >= 4 is 29.3 Å². The molecule has 1 amide bonds. The Labute approximate surface area is 149 Å². The maximum Gasteiger partial charge on any atom is 0.336 e. The summed E-state index contributed by atoms with van der Waals surface area (Å²) in [5.41, 5.74) is 0.791. The molecular weight excluding hydrogens is 342 g/mol. The first-order valence-electron chi connectivity index (χ1n) is 7.74. The number of nitrogens with one attached hydrogen (secondary N) is 1. The SMILES string of the molecule is C[C@@H](Sc1ccccc1C(=O)O)C(=O)Nc1ccc2c(c1)OCCO2. The number of anilines is 1. The molecule has 0 spiro atoms. The van der Waals surface area contributed by atoms with Crippen molar-refractivity contribution in [3.05, 3.63) is 48.0 Å². The number of hydrogen-bond acceptors (Lipinski definition) is 5. The van der Waals surface area contributed by atoms with Crippen molar-refractivity contribution < 1.29 is 24.2 Å². The molecule has 1 heterocycles. The van der Waals surface area contributed by atoms with Gasteiger partial charge in [-0.1, -0.05) is 12.1 Å². The van der Waals surface area contributed by atoms with Crippen molar-refractivity contribution in [2.45, 2.75) is 17.1 Å². The van der Waals surface area contributed by atoms with Gasteiger partial charge in [-0.2, -0.15) is 0 Å². The number of amides is 1. The van der Waals surface area contributed by atoms with Crippen molar-refractivity contribution in [2.75, 3.05) is 18.5 Å². The lowest BCUT2D eigenvalue weighted by molar-refractivity contribution is -0.115. The molecule has 0 aromatic heterocycles. The number of rotatable bonds is 5. The summed E-state index contributed by atoms with van der Waals surface area (Å²) in [6.07, 6.45) is 0. The molecule has 2 N–H and O–H groups in total. The van der Waals surface area contributed by atoms with Gasteiger partial charge in [0.2, 0.25) is 5.91 Å². The van der Waals surface area contributed by atoms with E-state index in [4.69, 9.17) is 9.47 Å². The van der Waals surface area contributed by atoms with Crippen LogP contribution in [0.1, 0.15) is 17.3 Å². The summed E-state index contributed by atoms with van der Waals surface area (Å²) < 4.78 is 10.9. The van der Waals surface area contributed by atoms with Crippen molar-refractivity contribution in [3.8, 4) is 11.5 Å². The van der Waals surface area contributed by atoms with Gasteiger partial charge in [-0.3, -0.25) is 4.79 Å². The van der Waals surface area contributed by atoms with Gasteiger partial charge < -0.3 is 19.9 Å². The van der Waals surface area contributed by atoms with Crippen LogP contribution < -0.4 is 14.8 Å². The van der Waals surface area contributed by atoms with Crippen LogP contribution in [0.5, 0.6) is 11.5 Å². The number of benzene rings is 2. The molecule has 1 atom stereocenters. The van der Waals surface area contributed by atoms with Crippen LogP contribution in [0.2, 0.25) is 0 Å². The number of carbonyl (C=O) groups is 2. The van der Waals surface area contributed by atoms with E-state index in [1.807, 2.05) is 0 Å². The standard InChI is InChI=1S/C18H17NO5S/c1-11(25-16-5-3-2-4-13(16)18(21)22)17(20)19-12-6-7-14-15(10-12)24-9-8-23-14/h2-7,10-11H,8-9H2,1H3,(H,19,20)(H,21,22)/t11-/m1/s1. The Bertz CT molecular complexity index is 808. The van der Waals surface area contributed by atoms with Crippen LogP contribution in [0.3, 0.4) is 0 Å². The minimum Gasteiger partial charge on any atom is -0.486 e. The van der Waals surface area contributed by atoms with E-state index < -0.39 is 11.2 Å². The second kappa shape index (κ2) is 7.48. The summed E-state index contributed by atoms with van der Waals surface area (Å²) >= 11 is 1.21. The van der Waals surface area contributed by atoms with Crippen molar-refractivity contribution in [3.63, 3.8) is 0 Å². The second-order valence-electron chi connectivity index (χ2n) is 5.41. The predicted molar refractivity (Wildman–Crippen MR) is 94.8 cm³/mol. The molecule has 0 fully saturated rings. The van der Waals surface area contributed by atoms with Gasteiger partial charge >= 0.3 is 5.97 Å². The maximum atomic E-state index is 12.4. The van der Waals surface area contributed by atoms with Gasteiger partial charge in [0.25, 0.3) is 0 Å². The number of aromatic carboxylic acids is 1. The molecule has 130 valence electrons. The third-order valence-electron chi connectivity index (χ3n) is 3.60. The zero-order valence-electron chi connectivity index (χ0n) is 13.5. The number of ether oxygens (including phenoxy) is 2. The van der Waals surface area contributed by atoms with Crippen LogP contribution in [0, 0.1) is 0 Å². The van der Waals surface area contributed by atoms with Crippen LogP contribution in [0.15, 0.2) is 47.4 Å².